The summed E-state index contributed by atoms with van der Waals surface area (Å²) >= 11 is 5.75. The zero-order chi connectivity index (χ0) is 15.2. The van der Waals surface area contributed by atoms with Crippen LogP contribution in [0.25, 0.3) is 11.3 Å². The largest absolute Gasteiger partial charge is 0.384 e. The molecule has 1 aliphatic heterocycles. The van der Waals surface area contributed by atoms with Crippen LogP contribution in [0.5, 0.6) is 0 Å². The fourth-order valence-electron chi connectivity index (χ4n) is 2.50. The number of halogens is 2. The van der Waals surface area contributed by atoms with Gasteiger partial charge in [-0.15, -0.1) is 0 Å². The molecular weight excluding hydrogens is 317 g/mol. The first kappa shape index (κ1) is 14.3. The second-order valence-corrected chi connectivity index (χ2v) is 7.69. The maximum atomic E-state index is 14.0. The Hall–Kier alpha value is -1.60. The van der Waals surface area contributed by atoms with Crippen LogP contribution in [0.4, 0.5) is 10.2 Å². The lowest BCUT2D eigenvalue weighted by atomic mass is 10.1. The van der Waals surface area contributed by atoms with Gasteiger partial charge in [0, 0.05) is 11.6 Å². The maximum absolute atomic E-state index is 14.0. The zero-order valence-electron chi connectivity index (χ0n) is 11.0. The van der Waals surface area contributed by atoms with Gasteiger partial charge in [-0.1, -0.05) is 17.7 Å². The summed E-state index contributed by atoms with van der Waals surface area (Å²) in [7, 11) is -3.04. The fraction of sp³-hybridized carbons (Fsp3) is 0.308. The number of sulfone groups is 1. The van der Waals surface area contributed by atoms with Crippen LogP contribution in [-0.2, 0) is 9.84 Å². The van der Waals surface area contributed by atoms with Crippen LogP contribution in [0, 0.1) is 5.82 Å². The average Bonchev–Trinajstić information content (AvgIpc) is 2.95. The molecule has 21 heavy (non-hydrogen) atoms. The van der Waals surface area contributed by atoms with Gasteiger partial charge in [-0.2, -0.15) is 5.10 Å². The van der Waals surface area contributed by atoms with Gasteiger partial charge in [0.2, 0.25) is 0 Å². The van der Waals surface area contributed by atoms with Crippen molar-refractivity contribution in [2.24, 2.45) is 0 Å². The van der Waals surface area contributed by atoms with Crippen LogP contribution in [0.1, 0.15) is 12.5 Å². The van der Waals surface area contributed by atoms with E-state index in [9.17, 15) is 12.8 Å². The van der Waals surface area contributed by atoms with E-state index < -0.39 is 15.7 Å². The molecule has 0 radical (unpaired) electrons. The molecule has 1 aromatic carbocycles. The monoisotopic (exact) mass is 329 g/mol. The number of benzene rings is 1. The molecule has 1 saturated heterocycles. The van der Waals surface area contributed by atoms with E-state index in [4.69, 9.17) is 17.3 Å². The first-order valence-corrected chi connectivity index (χ1v) is 8.57. The van der Waals surface area contributed by atoms with Crippen molar-refractivity contribution < 1.29 is 12.8 Å². The van der Waals surface area contributed by atoms with E-state index in [1.54, 1.807) is 12.1 Å². The molecule has 1 atom stereocenters. The summed E-state index contributed by atoms with van der Waals surface area (Å²) in [6.07, 6.45) is 0.464. The van der Waals surface area contributed by atoms with Crippen LogP contribution in [0.3, 0.4) is 0 Å². The topological polar surface area (TPSA) is 78.0 Å². The van der Waals surface area contributed by atoms with Crippen LogP contribution in [0.2, 0.25) is 5.02 Å². The molecule has 0 aliphatic carbocycles. The lowest BCUT2D eigenvalue weighted by Crippen LogP contribution is -2.14. The van der Waals surface area contributed by atoms with Crippen molar-refractivity contribution in [1.82, 2.24) is 9.78 Å². The van der Waals surface area contributed by atoms with Gasteiger partial charge in [-0.25, -0.2) is 17.5 Å². The highest BCUT2D eigenvalue weighted by atomic mass is 35.5. The second-order valence-electron chi connectivity index (χ2n) is 5.06. The summed E-state index contributed by atoms with van der Waals surface area (Å²) in [5.74, 6) is -0.122. The number of hydrogen-bond donors (Lipinski definition) is 1. The van der Waals surface area contributed by atoms with Crippen molar-refractivity contribution in [3.63, 3.8) is 0 Å². The van der Waals surface area contributed by atoms with Gasteiger partial charge in [0.25, 0.3) is 0 Å². The van der Waals surface area contributed by atoms with E-state index >= 15 is 0 Å². The van der Waals surface area contributed by atoms with Crippen molar-refractivity contribution in [1.29, 1.82) is 0 Å². The Morgan fingerprint density at radius 2 is 2.19 bits per heavy atom. The summed E-state index contributed by atoms with van der Waals surface area (Å²) in [6, 6.07) is 5.85. The van der Waals surface area contributed by atoms with Crippen molar-refractivity contribution in [2.75, 3.05) is 17.2 Å². The first-order valence-electron chi connectivity index (χ1n) is 6.37. The molecule has 2 heterocycles. The van der Waals surface area contributed by atoms with Gasteiger partial charge in [0.05, 0.1) is 28.3 Å². The number of nitrogens with zero attached hydrogens (tertiary/aromatic N) is 2. The smallest absolute Gasteiger partial charge is 0.152 e. The molecule has 5 nitrogen and oxygen atoms in total. The van der Waals surface area contributed by atoms with Crippen LogP contribution < -0.4 is 5.73 Å². The van der Waals surface area contributed by atoms with Crippen molar-refractivity contribution in [2.45, 2.75) is 12.5 Å². The number of rotatable bonds is 2. The molecule has 1 aliphatic rings. The molecule has 0 spiro atoms. The summed E-state index contributed by atoms with van der Waals surface area (Å²) in [6.45, 7) is 0. The highest BCUT2D eigenvalue weighted by Gasteiger charge is 2.31. The van der Waals surface area contributed by atoms with Gasteiger partial charge in [0.1, 0.15) is 5.82 Å². The number of nitrogen functional groups attached to an aromatic ring is 1. The summed E-state index contributed by atoms with van der Waals surface area (Å²) in [5.41, 5.74) is 6.47. The normalized spacial score (nSPS) is 20.8. The Kier molecular flexibility index (Phi) is 3.41. The van der Waals surface area contributed by atoms with Crippen molar-refractivity contribution in [3.05, 3.63) is 35.1 Å². The van der Waals surface area contributed by atoms with Gasteiger partial charge in [-0.3, -0.25) is 0 Å². The van der Waals surface area contributed by atoms with Gasteiger partial charge >= 0.3 is 0 Å². The number of hydrogen-bond acceptors (Lipinski definition) is 4. The molecule has 2 N–H and O–H groups in total. The van der Waals surface area contributed by atoms with Crippen LogP contribution in [-0.4, -0.2) is 29.7 Å². The Balaban J connectivity index is 2.01. The molecule has 2 aromatic rings. The third-order valence-electron chi connectivity index (χ3n) is 3.55. The van der Waals surface area contributed by atoms with Gasteiger partial charge in [-0.05, 0) is 18.6 Å². The fourth-order valence-corrected chi connectivity index (χ4v) is 4.37. The molecule has 8 heteroatoms. The number of aromatic nitrogens is 2. The Bertz CT molecular complexity index is 804. The maximum Gasteiger partial charge on any atom is 0.152 e. The van der Waals surface area contributed by atoms with E-state index in [0.29, 0.717) is 17.9 Å². The second kappa shape index (κ2) is 4.99. The van der Waals surface area contributed by atoms with Gasteiger partial charge in [0.15, 0.2) is 15.7 Å². The minimum Gasteiger partial charge on any atom is -0.384 e. The standard InChI is InChI=1S/C13H13ClFN3O2S/c14-10-3-1-2-9(13(10)15)11-6-12(16)18(17-11)8-4-5-21(19,20)7-8/h1-3,6,8H,4-5,7,16H2. The van der Waals surface area contributed by atoms with Gasteiger partial charge < -0.3 is 5.73 Å². The molecule has 1 unspecified atom stereocenters. The van der Waals surface area contributed by atoms with Crippen molar-refractivity contribution in [3.8, 4) is 11.3 Å². The Morgan fingerprint density at radius 1 is 1.43 bits per heavy atom. The van der Waals surface area contributed by atoms with E-state index in [1.807, 2.05) is 0 Å². The molecular formula is C13H13ClFN3O2S. The lowest BCUT2D eigenvalue weighted by molar-refractivity contribution is 0.507. The number of anilines is 1. The third kappa shape index (κ3) is 2.63. The SMILES string of the molecule is Nc1cc(-c2cccc(Cl)c2F)nn1C1CCS(=O)(=O)C1. The van der Waals surface area contributed by atoms with E-state index in [-0.39, 0.29) is 28.1 Å². The summed E-state index contributed by atoms with van der Waals surface area (Å²) < 4.78 is 38.6. The molecule has 0 bridgehead atoms. The predicted molar refractivity (Wildman–Crippen MR) is 79.4 cm³/mol. The third-order valence-corrected chi connectivity index (χ3v) is 5.59. The highest BCUT2D eigenvalue weighted by molar-refractivity contribution is 7.91. The molecule has 3 rings (SSSR count). The Morgan fingerprint density at radius 3 is 2.86 bits per heavy atom. The average molecular weight is 330 g/mol. The van der Waals surface area contributed by atoms with E-state index in [0.717, 1.165) is 0 Å². The lowest BCUT2D eigenvalue weighted by Gasteiger charge is -2.10. The minimum atomic E-state index is -3.04. The first-order chi connectivity index (χ1) is 9.87. The molecule has 1 fully saturated rings. The molecule has 0 amide bonds. The predicted octanol–water partition coefficient (Wildman–Crippen LogP) is 2.28. The minimum absolute atomic E-state index is 0.00376. The number of nitrogens with two attached hydrogens (primary N) is 1. The summed E-state index contributed by atoms with van der Waals surface area (Å²) in [5, 5.41) is 4.26. The van der Waals surface area contributed by atoms with E-state index in [2.05, 4.69) is 5.10 Å². The molecule has 1 aromatic heterocycles. The van der Waals surface area contributed by atoms with Crippen molar-refractivity contribution >= 4 is 27.3 Å². The molecule has 112 valence electrons. The summed E-state index contributed by atoms with van der Waals surface area (Å²) in [4.78, 5) is 0. The zero-order valence-corrected chi connectivity index (χ0v) is 12.5. The quantitative estimate of drug-likeness (QED) is 0.917. The Labute approximate surface area is 126 Å². The van der Waals surface area contributed by atoms with E-state index in [1.165, 1.54) is 16.8 Å². The highest BCUT2D eigenvalue weighted by Crippen LogP contribution is 2.31. The molecule has 0 saturated carbocycles. The van der Waals surface area contributed by atoms with Crippen LogP contribution in [0.15, 0.2) is 24.3 Å². The van der Waals surface area contributed by atoms with Crippen LogP contribution >= 0.6 is 11.6 Å².